The van der Waals surface area contributed by atoms with Crippen LogP contribution in [-0.4, -0.2) is 59.0 Å². The first-order valence-electron chi connectivity index (χ1n) is 13.1. The second kappa shape index (κ2) is 12.8. The lowest BCUT2D eigenvalue weighted by Crippen LogP contribution is -2.58. The summed E-state index contributed by atoms with van der Waals surface area (Å²) in [6.07, 6.45) is 6.95. The Morgan fingerprint density at radius 2 is 2.00 bits per heavy atom. The van der Waals surface area contributed by atoms with E-state index < -0.39 is 50.3 Å². The average Bonchev–Trinajstić information content (AvgIpc) is 3.61. The first-order valence-corrected chi connectivity index (χ1v) is 16.0. The molecule has 0 aliphatic carbocycles. The van der Waals surface area contributed by atoms with Gasteiger partial charge in [-0.25, -0.2) is 14.0 Å². The summed E-state index contributed by atoms with van der Waals surface area (Å²) in [5.74, 6) is -1.46. The predicted octanol–water partition coefficient (Wildman–Crippen LogP) is 3.80. The van der Waals surface area contributed by atoms with Gasteiger partial charge < -0.3 is 18.7 Å². The minimum atomic E-state index is -2.25. The molecule has 0 saturated carbocycles. The van der Waals surface area contributed by atoms with Crippen molar-refractivity contribution in [2.75, 3.05) is 7.11 Å². The number of fused-ring (bicyclic) bond motifs is 4. The molecule has 2 aromatic rings. The van der Waals surface area contributed by atoms with Crippen LogP contribution in [0.15, 0.2) is 48.9 Å². The van der Waals surface area contributed by atoms with Crippen LogP contribution in [0, 0.1) is 6.92 Å². The van der Waals surface area contributed by atoms with Gasteiger partial charge in [0.1, 0.15) is 38.2 Å². The van der Waals surface area contributed by atoms with Gasteiger partial charge in [0.25, 0.3) is 0 Å². The molecule has 2 aliphatic rings. The number of nitrogens with zero attached hydrogens (tertiary/aromatic N) is 2. The molecule has 226 valence electrons. The molecule has 2 aliphatic heterocycles. The number of amides is 1. The molecule has 42 heavy (non-hydrogen) atoms. The second-order valence-electron chi connectivity index (χ2n) is 10.3. The van der Waals surface area contributed by atoms with Crippen LogP contribution in [0.25, 0.3) is 6.08 Å². The summed E-state index contributed by atoms with van der Waals surface area (Å²) in [4.78, 5) is 55.8. The summed E-state index contributed by atoms with van der Waals surface area (Å²) in [6, 6.07) is -0.698. The number of allylic oxidation sites excluding steroid dienone is 3. The van der Waals surface area contributed by atoms with Crippen molar-refractivity contribution in [1.82, 2.24) is 9.29 Å². The zero-order valence-corrected chi connectivity index (χ0v) is 26.2. The van der Waals surface area contributed by atoms with Crippen LogP contribution in [0.3, 0.4) is 0 Å². The minimum absolute atomic E-state index is 0.0127. The lowest BCUT2D eigenvalue weighted by atomic mass is 9.81. The Hall–Kier alpha value is -2.91. The monoisotopic (exact) mass is 636 g/mol. The molecular weight excluding hydrogens is 605 g/mol. The molecule has 5 unspecified atom stereocenters. The van der Waals surface area contributed by atoms with Crippen molar-refractivity contribution in [2.24, 2.45) is 0 Å². The normalized spacial score (nSPS) is 29.4. The number of ether oxygens (including phenoxy) is 1. The number of ketones is 1. The first kappa shape index (κ1) is 32.0. The van der Waals surface area contributed by atoms with Crippen LogP contribution in [0.2, 0.25) is 0 Å². The van der Waals surface area contributed by atoms with E-state index in [0.29, 0.717) is 28.0 Å². The number of rotatable bonds is 5. The standard InChI is InChI=1S/C28H32N2O9S3/c1-16-10-11-28(27(4,35)25(33)41-15-22-18(3)38-26(34)39-22)13-23(32)30(42(28)36)17(2)24-29-19(14-40-24)8-6-7-9-20(31)21(12-16)37-5/h6-9,12,14,17,21,35H,10-11,13,15H2,1-5H3/b8-6-,9-7-,16-12-. The second-order valence-corrected chi connectivity index (χ2v) is 13.8. The van der Waals surface area contributed by atoms with Crippen LogP contribution in [-0.2, 0) is 35.9 Å². The maximum absolute atomic E-state index is 14.4. The predicted molar refractivity (Wildman–Crippen MR) is 159 cm³/mol. The number of aliphatic hydroxyl groups is 1. The third-order valence-electron chi connectivity index (χ3n) is 7.43. The summed E-state index contributed by atoms with van der Waals surface area (Å²) < 4.78 is 29.0. The van der Waals surface area contributed by atoms with E-state index in [-0.39, 0.29) is 42.3 Å². The van der Waals surface area contributed by atoms with Crippen LogP contribution in [0.1, 0.15) is 68.3 Å². The van der Waals surface area contributed by atoms with E-state index in [9.17, 15) is 28.5 Å². The van der Waals surface area contributed by atoms with Crippen molar-refractivity contribution in [3.05, 3.63) is 68.1 Å². The molecule has 4 heterocycles. The van der Waals surface area contributed by atoms with Crippen LogP contribution >= 0.6 is 23.1 Å². The summed E-state index contributed by atoms with van der Waals surface area (Å²) in [6.45, 7) is 6.24. The van der Waals surface area contributed by atoms with Crippen molar-refractivity contribution < 1.29 is 37.3 Å². The van der Waals surface area contributed by atoms with Crippen molar-refractivity contribution in [1.29, 1.82) is 0 Å². The van der Waals surface area contributed by atoms with E-state index in [1.165, 1.54) is 42.7 Å². The van der Waals surface area contributed by atoms with Gasteiger partial charge in [-0.15, -0.1) is 11.3 Å². The molecule has 5 atom stereocenters. The van der Waals surface area contributed by atoms with E-state index in [0.717, 1.165) is 0 Å². The minimum Gasteiger partial charge on any atom is -0.396 e. The Kier molecular flexibility index (Phi) is 9.72. The fourth-order valence-electron chi connectivity index (χ4n) is 4.83. The number of aromatic nitrogens is 1. The zero-order valence-electron chi connectivity index (χ0n) is 23.8. The smallest absolute Gasteiger partial charge is 0.396 e. The van der Waals surface area contributed by atoms with Gasteiger partial charge in [-0.1, -0.05) is 29.5 Å². The summed E-state index contributed by atoms with van der Waals surface area (Å²) >= 11 is 1.96. The topological polar surface area (TPSA) is 157 Å². The van der Waals surface area contributed by atoms with E-state index in [4.69, 9.17) is 13.6 Å². The molecule has 14 heteroatoms. The lowest BCUT2D eigenvalue weighted by Gasteiger charge is -2.39. The average molecular weight is 637 g/mol. The number of hydrogen-bond acceptors (Lipinski definition) is 12. The Labute approximate surface area is 253 Å². The Morgan fingerprint density at radius 1 is 1.29 bits per heavy atom. The number of hydrogen-bond donors (Lipinski definition) is 1. The summed E-state index contributed by atoms with van der Waals surface area (Å²) in [5, 5.41) is 13.4. The number of methoxy groups -OCH3 is 1. The molecule has 0 aromatic carbocycles. The van der Waals surface area contributed by atoms with E-state index >= 15 is 0 Å². The molecule has 1 amide bonds. The third kappa shape index (κ3) is 6.23. The largest absolute Gasteiger partial charge is 0.519 e. The van der Waals surface area contributed by atoms with Gasteiger partial charge in [-0.05, 0) is 58.8 Å². The molecule has 0 radical (unpaired) electrons. The van der Waals surface area contributed by atoms with Gasteiger partial charge in [-0.2, -0.15) is 0 Å². The summed E-state index contributed by atoms with van der Waals surface area (Å²) in [5.41, 5.74) is -0.968. The molecule has 4 rings (SSSR count). The third-order valence-corrected chi connectivity index (χ3v) is 11.8. The van der Waals surface area contributed by atoms with Gasteiger partial charge in [0.2, 0.25) is 11.0 Å². The highest BCUT2D eigenvalue weighted by Gasteiger charge is 2.64. The number of carbonyl (C=O) groups is 3. The molecule has 0 spiro atoms. The molecule has 1 saturated heterocycles. The van der Waals surface area contributed by atoms with Crippen LogP contribution in [0.4, 0.5) is 0 Å². The molecule has 1 fully saturated rings. The molecule has 2 aromatic heterocycles. The van der Waals surface area contributed by atoms with Gasteiger partial charge in [0.15, 0.2) is 11.5 Å². The molecule has 11 nitrogen and oxygen atoms in total. The van der Waals surface area contributed by atoms with Crippen molar-refractivity contribution >= 4 is 57.0 Å². The zero-order chi connectivity index (χ0) is 30.8. The first-order chi connectivity index (χ1) is 19.8. The molecule has 1 N–H and O–H groups in total. The number of thiazole rings is 1. The van der Waals surface area contributed by atoms with E-state index in [1.807, 2.05) is 0 Å². The lowest BCUT2D eigenvalue weighted by molar-refractivity contribution is -0.132. The fourth-order valence-corrected chi connectivity index (χ4v) is 8.76. The van der Waals surface area contributed by atoms with Gasteiger partial charge in [-0.3, -0.25) is 18.7 Å². The summed E-state index contributed by atoms with van der Waals surface area (Å²) in [7, 11) is -0.751. The maximum atomic E-state index is 14.4. The fraction of sp³-hybridized carbons (Fsp3) is 0.464. The number of aryl methyl sites for hydroxylation is 1. The quantitative estimate of drug-likeness (QED) is 0.476. The highest BCUT2D eigenvalue weighted by Crippen LogP contribution is 2.48. The van der Waals surface area contributed by atoms with E-state index in [2.05, 4.69) is 4.98 Å². The van der Waals surface area contributed by atoms with Crippen LogP contribution < -0.4 is 5.82 Å². The van der Waals surface area contributed by atoms with Gasteiger partial charge >= 0.3 is 5.82 Å². The number of thioether (sulfide) groups is 1. The molecular formula is C28H32N2O9S3. The van der Waals surface area contributed by atoms with Crippen LogP contribution in [0.5, 0.6) is 0 Å². The molecule has 4 bridgehead atoms. The number of carbonyl (C=O) groups excluding carboxylic acids is 3. The van der Waals surface area contributed by atoms with Crippen molar-refractivity contribution in [3.63, 3.8) is 0 Å². The SMILES string of the molecule is COC1/C=C(/C)CCC2(C(C)(O)C(=O)SCc3oc(=O)oc3C)CC(=O)N(C(C)c3nc(cs3)/C=C\C=C/C1=O)S2=O. The highest BCUT2D eigenvalue weighted by atomic mass is 32.2. The Morgan fingerprint density at radius 3 is 2.67 bits per heavy atom. The van der Waals surface area contributed by atoms with Crippen molar-refractivity contribution in [3.8, 4) is 0 Å². The maximum Gasteiger partial charge on any atom is 0.519 e. The highest BCUT2D eigenvalue weighted by molar-refractivity contribution is 8.13. The van der Waals surface area contributed by atoms with Crippen molar-refractivity contribution in [2.45, 2.75) is 75.2 Å². The van der Waals surface area contributed by atoms with Gasteiger partial charge in [0, 0.05) is 12.5 Å². The Balaban J connectivity index is 1.75. The Bertz CT molecular complexity index is 1550. The van der Waals surface area contributed by atoms with Gasteiger partial charge in [0.05, 0.1) is 23.9 Å². The van der Waals surface area contributed by atoms with E-state index in [1.54, 1.807) is 43.5 Å².